The summed E-state index contributed by atoms with van der Waals surface area (Å²) in [5.74, 6) is -0.337. The lowest BCUT2D eigenvalue weighted by atomic mass is 10.1. The Morgan fingerprint density at radius 3 is 2.40 bits per heavy atom. The summed E-state index contributed by atoms with van der Waals surface area (Å²) >= 11 is 6.86. The van der Waals surface area contributed by atoms with Crippen LogP contribution in [0.15, 0.2) is 81.2 Å². The van der Waals surface area contributed by atoms with Crippen molar-refractivity contribution in [3.05, 3.63) is 98.2 Å². The number of hydrogen-bond donors (Lipinski definition) is 1. The molecule has 0 heterocycles. The maximum atomic E-state index is 13.0. The number of carbonyl (C=O) groups excluding carboxylic acids is 1. The highest BCUT2D eigenvalue weighted by Gasteiger charge is 2.11. The summed E-state index contributed by atoms with van der Waals surface area (Å²) in [6.07, 6.45) is 1.47. The Balaban J connectivity index is 1.69. The van der Waals surface area contributed by atoms with Crippen molar-refractivity contribution in [2.75, 3.05) is 5.32 Å². The van der Waals surface area contributed by atoms with Gasteiger partial charge in [-0.15, -0.1) is 0 Å². The van der Waals surface area contributed by atoms with E-state index in [1.165, 1.54) is 30.3 Å². The van der Waals surface area contributed by atoms with E-state index in [-0.39, 0.29) is 5.57 Å². The Bertz CT molecular complexity index is 1120. The second-order valence-corrected chi connectivity index (χ2v) is 8.01. The number of hydrogen-bond acceptors (Lipinski definition) is 3. The molecule has 3 aromatic carbocycles. The van der Waals surface area contributed by atoms with Gasteiger partial charge in [-0.05, 0) is 81.7 Å². The molecule has 1 amide bonds. The van der Waals surface area contributed by atoms with E-state index in [1.807, 2.05) is 30.3 Å². The van der Waals surface area contributed by atoms with Crippen molar-refractivity contribution >= 4 is 49.5 Å². The molecule has 0 saturated heterocycles. The highest BCUT2D eigenvalue weighted by Crippen LogP contribution is 2.28. The third-order valence-electron chi connectivity index (χ3n) is 4.04. The molecule has 150 valence electrons. The van der Waals surface area contributed by atoms with E-state index in [1.54, 1.807) is 18.2 Å². The minimum Gasteiger partial charge on any atom is -0.488 e. The predicted octanol–water partition coefficient (Wildman–Crippen LogP) is 6.48. The van der Waals surface area contributed by atoms with Crippen molar-refractivity contribution in [3.8, 4) is 11.8 Å². The summed E-state index contributed by atoms with van der Waals surface area (Å²) in [4.78, 5) is 12.3. The van der Waals surface area contributed by atoms with Crippen molar-refractivity contribution in [2.45, 2.75) is 6.61 Å². The number of nitrogens with zero attached hydrogens (tertiary/aromatic N) is 1. The van der Waals surface area contributed by atoms with E-state index in [2.05, 4.69) is 37.2 Å². The second kappa shape index (κ2) is 10.2. The van der Waals surface area contributed by atoms with E-state index >= 15 is 0 Å². The first-order valence-corrected chi connectivity index (χ1v) is 10.4. The lowest BCUT2D eigenvalue weighted by Crippen LogP contribution is -2.13. The second-order valence-electron chi connectivity index (χ2n) is 6.24. The van der Waals surface area contributed by atoms with Gasteiger partial charge in [0, 0.05) is 10.2 Å². The van der Waals surface area contributed by atoms with Gasteiger partial charge >= 0.3 is 0 Å². The first-order valence-electron chi connectivity index (χ1n) is 8.80. The van der Waals surface area contributed by atoms with E-state index in [0.717, 1.165) is 10.0 Å². The summed E-state index contributed by atoms with van der Waals surface area (Å²) in [5, 5.41) is 11.9. The Labute approximate surface area is 190 Å². The van der Waals surface area contributed by atoms with Gasteiger partial charge in [0.1, 0.15) is 29.8 Å². The first-order chi connectivity index (χ1) is 14.4. The minimum atomic E-state index is -0.573. The number of nitrogens with one attached hydrogen (secondary N) is 1. The van der Waals surface area contributed by atoms with Gasteiger partial charge in [-0.3, -0.25) is 4.79 Å². The molecular weight excluding hydrogens is 515 g/mol. The third-order valence-corrected chi connectivity index (χ3v) is 5.19. The zero-order valence-electron chi connectivity index (χ0n) is 15.5. The molecule has 0 radical (unpaired) electrons. The number of anilines is 1. The van der Waals surface area contributed by atoms with Crippen LogP contribution in [0.5, 0.6) is 5.75 Å². The van der Waals surface area contributed by atoms with Crippen LogP contribution in [-0.4, -0.2) is 5.91 Å². The number of carbonyl (C=O) groups is 1. The maximum Gasteiger partial charge on any atom is 0.266 e. The zero-order valence-corrected chi connectivity index (χ0v) is 18.7. The SMILES string of the molecule is N#C/C(=C\c1ccc(OCc2ccc(Br)cc2)c(Br)c1)C(=O)Nc1ccc(F)cc1. The Morgan fingerprint density at radius 1 is 1.07 bits per heavy atom. The normalized spacial score (nSPS) is 10.9. The number of rotatable bonds is 6. The summed E-state index contributed by atoms with van der Waals surface area (Å²) in [6.45, 7) is 0.407. The molecule has 1 N–H and O–H groups in total. The first kappa shape index (κ1) is 21.8. The highest BCUT2D eigenvalue weighted by atomic mass is 79.9. The van der Waals surface area contributed by atoms with Crippen molar-refractivity contribution in [1.29, 1.82) is 5.26 Å². The number of benzene rings is 3. The number of amides is 1. The molecule has 0 aromatic heterocycles. The van der Waals surface area contributed by atoms with Crippen molar-refractivity contribution in [1.82, 2.24) is 0 Å². The lowest BCUT2D eigenvalue weighted by Gasteiger charge is -2.09. The molecule has 3 aromatic rings. The molecule has 4 nitrogen and oxygen atoms in total. The summed E-state index contributed by atoms with van der Waals surface area (Å²) in [6, 6.07) is 20.3. The summed E-state index contributed by atoms with van der Waals surface area (Å²) < 4.78 is 20.5. The Morgan fingerprint density at radius 2 is 1.77 bits per heavy atom. The predicted molar refractivity (Wildman–Crippen MR) is 121 cm³/mol. The van der Waals surface area contributed by atoms with Gasteiger partial charge in [-0.25, -0.2) is 4.39 Å². The third kappa shape index (κ3) is 6.02. The molecule has 0 saturated carbocycles. The van der Waals surface area contributed by atoms with Crippen LogP contribution in [0.1, 0.15) is 11.1 Å². The van der Waals surface area contributed by atoms with E-state index in [0.29, 0.717) is 28.1 Å². The number of nitriles is 1. The topological polar surface area (TPSA) is 62.1 Å². The molecular formula is C23H15Br2FN2O2. The average Bonchev–Trinajstić information content (AvgIpc) is 2.74. The molecule has 0 aliphatic rings. The molecule has 0 unspecified atom stereocenters. The molecule has 0 bridgehead atoms. The van der Waals surface area contributed by atoms with Gasteiger partial charge in [-0.2, -0.15) is 5.26 Å². The Kier molecular flexibility index (Phi) is 7.39. The van der Waals surface area contributed by atoms with E-state index in [9.17, 15) is 14.4 Å². The molecule has 7 heteroatoms. The van der Waals surface area contributed by atoms with Crippen LogP contribution in [0, 0.1) is 17.1 Å². The van der Waals surface area contributed by atoms with Crippen molar-refractivity contribution < 1.29 is 13.9 Å². The zero-order chi connectivity index (χ0) is 21.5. The monoisotopic (exact) mass is 528 g/mol. The van der Waals surface area contributed by atoms with Gasteiger partial charge in [0.2, 0.25) is 0 Å². The quantitative estimate of drug-likeness (QED) is 0.294. The maximum absolute atomic E-state index is 13.0. The number of halogens is 3. The number of ether oxygens (including phenoxy) is 1. The van der Waals surface area contributed by atoms with E-state index in [4.69, 9.17) is 4.74 Å². The Hall–Kier alpha value is -2.95. The average molecular weight is 530 g/mol. The van der Waals surface area contributed by atoms with Gasteiger partial charge in [0.15, 0.2) is 0 Å². The fraction of sp³-hybridized carbons (Fsp3) is 0.0435. The van der Waals surface area contributed by atoms with Gasteiger partial charge in [0.05, 0.1) is 4.47 Å². The molecule has 0 spiro atoms. The molecule has 0 aliphatic heterocycles. The fourth-order valence-corrected chi connectivity index (χ4v) is 3.29. The lowest BCUT2D eigenvalue weighted by molar-refractivity contribution is -0.112. The molecule has 30 heavy (non-hydrogen) atoms. The molecule has 0 atom stereocenters. The van der Waals surface area contributed by atoms with Gasteiger partial charge in [0.25, 0.3) is 5.91 Å². The van der Waals surface area contributed by atoms with Crippen molar-refractivity contribution in [3.63, 3.8) is 0 Å². The molecule has 3 rings (SSSR count). The van der Waals surface area contributed by atoms with Crippen LogP contribution in [0.3, 0.4) is 0 Å². The van der Waals surface area contributed by atoms with Crippen LogP contribution in [0.25, 0.3) is 6.08 Å². The molecule has 0 fully saturated rings. The van der Waals surface area contributed by atoms with Crippen LogP contribution in [0.2, 0.25) is 0 Å². The van der Waals surface area contributed by atoms with Crippen LogP contribution in [-0.2, 0) is 11.4 Å². The summed E-state index contributed by atoms with van der Waals surface area (Å²) in [5.41, 5.74) is 2.01. The summed E-state index contributed by atoms with van der Waals surface area (Å²) in [7, 11) is 0. The smallest absolute Gasteiger partial charge is 0.266 e. The minimum absolute atomic E-state index is 0.0743. The standard InChI is InChI=1S/C23H15Br2FN2O2/c24-18-4-1-15(2-5-18)14-30-22-10-3-16(12-21(22)25)11-17(13-27)23(29)28-20-8-6-19(26)7-9-20/h1-12H,14H2,(H,28,29)/b17-11+. The van der Waals surface area contributed by atoms with Gasteiger partial charge in [-0.1, -0.05) is 34.1 Å². The highest BCUT2D eigenvalue weighted by molar-refractivity contribution is 9.10. The van der Waals surface area contributed by atoms with Crippen LogP contribution >= 0.6 is 31.9 Å². The van der Waals surface area contributed by atoms with E-state index < -0.39 is 11.7 Å². The van der Waals surface area contributed by atoms with Crippen molar-refractivity contribution in [2.24, 2.45) is 0 Å². The fourth-order valence-electron chi connectivity index (χ4n) is 2.51. The van der Waals surface area contributed by atoms with Crippen LogP contribution in [0.4, 0.5) is 10.1 Å². The molecule has 0 aliphatic carbocycles. The van der Waals surface area contributed by atoms with Gasteiger partial charge < -0.3 is 10.1 Å². The largest absolute Gasteiger partial charge is 0.488 e. The van der Waals surface area contributed by atoms with Crippen LogP contribution < -0.4 is 10.1 Å².